The van der Waals surface area contributed by atoms with Crippen LogP contribution in [0.5, 0.6) is 0 Å². The Labute approximate surface area is 170 Å². The van der Waals surface area contributed by atoms with E-state index in [0.29, 0.717) is 18.0 Å². The Morgan fingerprint density at radius 2 is 1.38 bits per heavy atom. The lowest BCUT2D eigenvalue weighted by Gasteiger charge is -2.34. The van der Waals surface area contributed by atoms with Crippen LogP contribution in [0.4, 0.5) is 0 Å². The van der Waals surface area contributed by atoms with Crippen molar-refractivity contribution in [2.75, 3.05) is 26.2 Å². The van der Waals surface area contributed by atoms with Gasteiger partial charge in [0, 0.05) is 32.7 Å². The Kier molecular flexibility index (Phi) is 7.89. The molecule has 0 amide bonds. The number of piperazine rings is 1. The van der Waals surface area contributed by atoms with Crippen LogP contribution in [0.2, 0.25) is 0 Å². The molecule has 2 aromatic rings. The SMILES string of the molecule is Cc1ccc(S(=O)(=O)N2CCN(Cc3ccccc3)CC2)cc1.O=C(O)C(=O)O. The molecule has 2 N–H and O–H groups in total. The zero-order valence-electron chi connectivity index (χ0n) is 16.1. The van der Waals surface area contributed by atoms with E-state index in [1.54, 1.807) is 16.4 Å². The van der Waals surface area contributed by atoms with E-state index < -0.39 is 22.0 Å². The largest absolute Gasteiger partial charge is 0.473 e. The van der Waals surface area contributed by atoms with Gasteiger partial charge in [-0.05, 0) is 24.6 Å². The number of hydrogen-bond donors (Lipinski definition) is 2. The van der Waals surface area contributed by atoms with Gasteiger partial charge in [-0.2, -0.15) is 4.31 Å². The van der Waals surface area contributed by atoms with Crippen molar-refractivity contribution >= 4 is 22.0 Å². The molecule has 0 bridgehead atoms. The van der Waals surface area contributed by atoms with Crippen LogP contribution in [0.3, 0.4) is 0 Å². The molecule has 0 atom stereocenters. The number of aliphatic carboxylic acids is 2. The van der Waals surface area contributed by atoms with Crippen molar-refractivity contribution in [1.29, 1.82) is 0 Å². The third-order valence-electron chi connectivity index (χ3n) is 4.42. The average Bonchev–Trinajstić information content (AvgIpc) is 2.70. The molecular formula is C20H24N2O6S. The first-order valence-corrected chi connectivity index (χ1v) is 10.4. The molecule has 1 aliphatic heterocycles. The van der Waals surface area contributed by atoms with Crippen molar-refractivity contribution < 1.29 is 28.2 Å². The first kappa shape index (κ1) is 22.5. The van der Waals surface area contributed by atoms with Gasteiger partial charge in [0.05, 0.1) is 4.90 Å². The van der Waals surface area contributed by atoms with E-state index in [4.69, 9.17) is 19.8 Å². The van der Waals surface area contributed by atoms with Crippen molar-refractivity contribution in [2.24, 2.45) is 0 Å². The fraction of sp³-hybridized carbons (Fsp3) is 0.300. The smallest absolute Gasteiger partial charge is 0.414 e. The number of benzene rings is 2. The van der Waals surface area contributed by atoms with Crippen LogP contribution in [-0.4, -0.2) is 66.0 Å². The van der Waals surface area contributed by atoms with Crippen LogP contribution in [0.15, 0.2) is 59.5 Å². The number of carbonyl (C=O) groups is 2. The molecule has 29 heavy (non-hydrogen) atoms. The molecule has 0 aliphatic carbocycles. The normalized spacial score (nSPS) is 15.2. The monoisotopic (exact) mass is 420 g/mol. The van der Waals surface area contributed by atoms with Gasteiger partial charge in [0.25, 0.3) is 0 Å². The third-order valence-corrected chi connectivity index (χ3v) is 6.33. The minimum atomic E-state index is -3.37. The third kappa shape index (κ3) is 6.67. The predicted molar refractivity (Wildman–Crippen MR) is 107 cm³/mol. The van der Waals surface area contributed by atoms with Gasteiger partial charge in [-0.25, -0.2) is 18.0 Å². The lowest BCUT2D eigenvalue weighted by Crippen LogP contribution is -2.48. The summed E-state index contributed by atoms with van der Waals surface area (Å²) >= 11 is 0. The average molecular weight is 420 g/mol. The van der Waals surface area contributed by atoms with Crippen LogP contribution in [-0.2, 0) is 26.2 Å². The highest BCUT2D eigenvalue weighted by atomic mass is 32.2. The van der Waals surface area contributed by atoms with Crippen molar-refractivity contribution in [3.63, 3.8) is 0 Å². The molecule has 0 radical (unpaired) electrons. The topological polar surface area (TPSA) is 115 Å². The van der Waals surface area contributed by atoms with Crippen LogP contribution >= 0.6 is 0 Å². The van der Waals surface area contributed by atoms with Crippen LogP contribution in [0.25, 0.3) is 0 Å². The molecule has 2 aromatic carbocycles. The number of carboxylic acids is 2. The Balaban J connectivity index is 0.000000438. The summed E-state index contributed by atoms with van der Waals surface area (Å²) in [6.45, 7) is 5.45. The lowest BCUT2D eigenvalue weighted by atomic mass is 10.2. The number of sulfonamides is 1. The minimum Gasteiger partial charge on any atom is -0.473 e. The molecule has 0 unspecified atom stereocenters. The summed E-state index contributed by atoms with van der Waals surface area (Å²) in [5.41, 5.74) is 2.33. The van der Waals surface area contributed by atoms with E-state index in [-0.39, 0.29) is 0 Å². The Hall–Kier alpha value is -2.75. The van der Waals surface area contributed by atoms with Gasteiger partial charge in [-0.3, -0.25) is 4.90 Å². The van der Waals surface area contributed by atoms with Crippen LogP contribution in [0.1, 0.15) is 11.1 Å². The summed E-state index contributed by atoms with van der Waals surface area (Å²) < 4.78 is 26.9. The fourth-order valence-electron chi connectivity index (χ4n) is 2.83. The highest BCUT2D eigenvalue weighted by Gasteiger charge is 2.28. The van der Waals surface area contributed by atoms with Crippen molar-refractivity contribution in [2.45, 2.75) is 18.4 Å². The van der Waals surface area contributed by atoms with E-state index >= 15 is 0 Å². The van der Waals surface area contributed by atoms with Gasteiger partial charge in [-0.15, -0.1) is 0 Å². The second kappa shape index (κ2) is 10.1. The predicted octanol–water partition coefficient (Wildman–Crippen LogP) is 1.66. The van der Waals surface area contributed by atoms with Gasteiger partial charge in [0.15, 0.2) is 0 Å². The second-order valence-corrected chi connectivity index (χ2v) is 8.53. The lowest BCUT2D eigenvalue weighted by molar-refractivity contribution is -0.159. The van der Waals surface area contributed by atoms with E-state index in [1.165, 1.54) is 5.56 Å². The second-order valence-electron chi connectivity index (χ2n) is 6.59. The van der Waals surface area contributed by atoms with E-state index in [1.807, 2.05) is 37.3 Å². The number of rotatable bonds is 4. The maximum Gasteiger partial charge on any atom is 0.414 e. The first-order chi connectivity index (χ1) is 13.7. The highest BCUT2D eigenvalue weighted by Crippen LogP contribution is 2.19. The summed E-state index contributed by atoms with van der Waals surface area (Å²) in [6.07, 6.45) is 0. The first-order valence-electron chi connectivity index (χ1n) is 8.99. The van der Waals surface area contributed by atoms with E-state index in [9.17, 15) is 8.42 Å². The van der Waals surface area contributed by atoms with Gasteiger partial charge in [0.1, 0.15) is 0 Å². The molecule has 1 saturated heterocycles. The zero-order valence-corrected chi connectivity index (χ0v) is 16.9. The number of hydrogen-bond acceptors (Lipinski definition) is 5. The van der Waals surface area contributed by atoms with E-state index in [0.717, 1.165) is 25.2 Å². The molecule has 156 valence electrons. The Bertz CT molecular complexity index is 909. The summed E-state index contributed by atoms with van der Waals surface area (Å²) in [5, 5.41) is 14.8. The van der Waals surface area contributed by atoms with Crippen LogP contribution in [0, 0.1) is 6.92 Å². The number of nitrogens with zero attached hydrogens (tertiary/aromatic N) is 2. The summed E-state index contributed by atoms with van der Waals surface area (Å²) in [5.74, 6) is -3.65. The Morgan fingerprint density at radius 3 is 1.86 bits per heavy atom. The van der Waals surface area contributed by atoms with Crippen molar-refractivity contribution in [3.05, 3.63) is 65.7 Å². The summed E-state index contributed by atoms with van der Waals surface area (Å²) in [4.78, 5) is 20.9. The quantitative estimate of drug-likeness (QED) is 0.723. The molecule has 1 fully saturated rings. The molecule has 0 aromatic heterocycles. The molecule has 1 aliphatic rings. The van der Waals surface area contributed by atoms with Crippen molar-refractivity contribution in [3.8, 4) is 0 Å². The van der Waals surface area contributed by atoms with Crippen molar-refractivity contribution in [1.82, 2.24) is 9.21 Å². The Morgan fingerprint density at radius 1 is 0.862 bits per heavy atom. The molecule has 8 nitrogen and oxygen atoms in total. The van der Waals surface area contributed by atoms with Gasteiger partial charge in [0.2, 0.25) is 10.0 Å². The molecule has 1 heterocycles. The zero-order chi connectivity index (χ0) is 21.4. The van der Waals surface area contributed by atoms with Gasteiger partial charge in [-0.1, -0.05) is 48.0 Å². The molecule has 3 rings (SSSR count). The molecule has 0 saturated carbocycles. The molecule has 9 heteroatoms. The van der Waals surface area contributed by atoms with E-state index in [2.05, 4.69) is 17.0 Å². The van der Waals surface area contributed by atoms with Crippen LogP contribution < -0.4 is 0 Å². The molecule has 0 spiro atoms. The maximum absolute atomic E-state index is 12.7. The summed E-state index contributed by atoms with van der Waals surface area (Å²) in [6, 6.07) is 17.4. The number of aryl methyl sites for hydroxylation is 1. The maximum atomic E-state index is 12.7. The fourth-order valence-corrected chi connectivity index (χ4v) is 4.25. The van der Waals surface area contributed by atoms with Gasteiger partial charge >= 0.3 is 11.9 Å². The van der Waals surface area contributed by atoms with Gasteiger partial charge < -0.3 is 10.2 Å². The highest BCUT2D eigenvalue weighted by molar-refractivity contribution is 7.89. The minimum absolute atomic E-state index is 0.389. The standard InChI is InChI=1S/C18H22N2O2S.C2H2O4/c1-16-7-9-18(10-8-16)23(21,22)20-13-11-19(12-14-20)15-17-5-3-2-4-6-17;3-1(4)2(5)6/h2-10H,11-15H2,1H3;(H,3,4)(H,5,6). The number of carboxylic acid groups (broad SMARTS) is 2. The summed E-state index contributed by atoms with van der Waals surface area (Å²) in [7, 11) is -3.37. The molecular weight excluding hydrogens is 396 g/mol.